The molecule has 0 spiro atoms. The summed E-state index contributed by atoms with van der Waals surface area (Å²) < 4.78 is 0. The molecular formula is C23H18N2O2S. The maximum Gasteiger partial charge on any atom is 0.279 e. The Bertz CT molecular complexity index is 1050. The van der Waals surface area contributed by atoms with E-state index in [1.165, 1.54) is 21.8 Å². The van der Waals surface area contributed by atoms with Gasteiger partial charge in [0.15, 0.2) is 0 Å². The lowest BCUT2D eigenvalue weighted by Gasteiger charge is -2.06. The molecule has 138 valence electrons. The standard InChI is InChI=1S/C23H18N2O2S/c26-22(24-25-23(27)21-15-19-7-4-8-20(19)28-21)18-13-11-17(12-14-18)10-9-16-5-2-1-3-6-16/h1-3,5-6,11-15H,4,7-8H2,(H,24,26)(H,25,27). The Labute approximate surface area is 167 Å². The van der Waals surface area contributed by atoms with E-state index in [0.29, 0.717) is 10.4 Å². The Morgan fingerprint density at radius 3 is 2.21 bits per heavy atom. The van der Waals surface area contributed by atoms with E-state index < -0.39 is 0 Å². The van der Waals surface area contributed by atoms with Gasteiger partial charge in [-0.1, -0.05) is 30.0 Å². The zero-order chi connectivity index (χ0) is 19.3. The monoisotopic (exact) mass is 386 g/mol. The van der Waals surface area contributed by atoms with Crippen LogP contribution in [0, 0.1) is 11.8 Å². The second-order valence-electron chi connectivity index (χ2n) is 6.51. The summed E-state index contributed by atoms with van der Waals surface area (Å²) in [4.78, 5) is 26.4. The van der Waals surface area contributed by atoms with Crippen molar-refractivity contribution in [2.75, 3.05) is 0 Å². The molecule has 4 nitrogen and oxygen atoms in total. The lowest BCUT2D eigenvalue weighted by atomic mass is 10.1. The Morgan fingerprint density at radius 2 is 1.50 bits per heavy atom. The van der Waals surface area contributed by atoms with Crippen LogP contribution in [0.15, 0.2) is 60.7 Å². The first-order chi connectivity index (χ1) is 13.7. The highest BCUT2D eigenvalue weighted by Crippen LogP contribution is 2.30. The third-order valence-corrected chi connectivity index (χ3v) is 5.77. The Kier molecular flexibility index (Phi) is 5.22. The molecule has 1 heterocycles. The molecule has 2 N–H and O–H groups in total. The maximum atomic E-state index is 12.3. The molecule has 1 aromatic heterocycles. The van der Waals surface area contributed by atoms with Crippen molar-refractivity contribution in [3.63, 3.8) is 0 Å². The van der Waals surface area contributed by atoms with Gasteiger partial charge < -0.3 is 0 Å². The van der Waals surface area contributed by atoms with Crippen LogP contribution in [0.1, 0.15) is 48.0 Å². The summed E-state index contributed by atoms with van der Waals surface area (Å²) in [6.45, 7) is 0. The molecule has 0 bridgehead atoms. The number of benzene rings is 2. The van der Waals surface area contributed by atoms with Crippen LogP contribution < -0.4 is 10.9 Å². The number of hydrazine groups is 1. The minimum absolute atomic E-state index is 0.280. The van der Waals surface area contributed by atoms with Crippen LogP contribution in [0.4, 0.5) is 0 Å². The Morgan fingerprint density at radius 1 is 0.821 bits per heavy atom. The third kappa shape index (κ3) is 4.13. The van der Waals surface area contributed by atoms with E-state index in [1.807, 2.05) is 36.4 Å². The fourth-order valence-corrected chi connectivity index (χ4v) is 4.21. The molecule has 4 rings (SSSR count). The molecule has 3 aromatic rings. The number of rotatable bonds is 2. The molecule has 0 radical (unpaired) electrons. The Balaban J connectivity index is 1.34. The highest BCUT2D eigenvalue weighted by atomic mass is 32.1. The summed E-state index contributed by atoms with van der Waals surface area (Å²) in [5.41, 5.74) is 8.43. The van der Waals surface area contributed by atoms with E-state index in [0.717, 1.165) is 30.4 Å². The van der Waals surface area contributed by atoms with E-state index >= 15 is 0 Å². The number of thiophene rings is 1. The minimum atomic E-state index is -0.361. The largest absolute Gasteiger partial charge is 0.279 e. The predicted octanol–water partition coefficient (Wildman–Crippen LogP) is 3.71. The van der Waals surface area contributed by atoms with Crippen molar-refractivity contribution < 1.29 is 9.59 Å². The molecule has 1 aliphatic rings. The number of hydrogen-bond donors (Lipinski definition) is 2. The first kappa shape index (κ1) is 18.0. The van der Waals surface area contributed by atoms with Crippen LogP contribution in [0.3, 0.4) is 0 Å². The van der Waals surface area contributed by atoms with Gasteiger partial charge in [-0.3, -0.25) is 20.4 Å². The normalized spacial score (nSPS) is 11.9. The van der Waals surface area contributed by atoms with Gasteiger partial charge in [0.05, 0.1) is 4.88 Å². The highest BCUT2D eigenvalue weighted by molar-refractivity contribution is 7.14. The third-order valence-electron chi connectivity index (χ3n) is 4.53. The first-order valence-corrected chi connectivity index (χ1v) is 9.90. The van der Waals surface area contributed by atoms with Gasteiger partial charge in [-0.15, -0.1) is 11.3 Å². The van der Waals surface area contributed by atoms with Crippen LogP contribution in [0.5, 0.6) is 0 Å². The summed E-state index contributed by atoms with van der Waals surface area (Å²) in [6, 6.07) is 18.6. The number of hydrogen-bond acceptors (Lipinski definition) is 3. The molecule has 1 aliphatic carbocycles. The average Bonchev–Trinajstić information content (AvgIpc) is 3.34. The predicted molar refractivity (Wildman–Crippen MR) is 110 cm³/mol. The van der Waals surface area contributed by atoms with Crippen molar-refractivity contribution in [1.29, 1.82) is 0 Å². The fourth-order valence-electron chi connectivity index (χ4n) is 3.06. The molecule has 2 aromatic carbocycles. The van der Waals surface area contributed by atoms with Crippen LogP contribution in [-0.4, -0.2) is 11.8 Å². The average molecular weight is 386 g/mol. The van der Waals surface area contributed by atoms with Gasteiger partial charge in [0.25, 0.3) is 11.8 Å². The second-order valence-corrected chi connectivity index (χ2v) is 7.65. The number of fused-ring (bicyclic) bond motifs is 1. The number of carbonyl (C=O) groups is 2. The first-order valence-electron chi connectivity index (χ1n) is 9.08. The van der Waals surface area contributed by atoms with Crippen LogP contribution in [0.25, 0.3) is 0 Å². The number of nitrogens with one attached hydrogen (secondary N) is 2. The quantitative estimate of drug-likeness (QED) is 0.521. The molecule has 0 saturated heterocycles. The van der Waals surface area contributed by atoms with Gasteiger partial charge in [-0.25, -0.2) is 0 Å². The van der Waals surface area contributed by atoms with E-state index in [2.05, 4.69) is 22.7 Å². The number of carbonyl (C=O) groups excluding carboxylic acids is 2. The topological polar surface area (TPSA) is 58.2 Å². The van der Waals surface area contributed by atoms with Crippen molar-refractivity contribution in [3.05, 3.63) is 92.7 Å². The zero-order valence-corrected chi connectivity index (χ0v) is 15.9. The zero-order valence-electron chi connectivity index (χ0n) is 15.1. The molecule has 0 aliphatic heterocycles. The summed E-state index contributed by atoms with van der Waals surface area (Å²) in [6.07, 6.45) is 3.23. The molecule has 0 atom stereocenters. The Hall–Kier alpha value is -3.36. The second kappa shape index (κ2) is 8.12. The lowest BCUT2D eigenvalue weighted by Crippen LogP contribution is -2.41. The van der Waals surface area contributed by atoms with Crippen molar-refractivity contribution in [2.45, 2.75) is 19.3 Å². The summed E-state index contributed by atoms with van der Waals surface area (Å²) in [5.74, 6) is 5.50. The molecule has 28 heavy (non-hydrogen) atoms. The van der Waals surface area contributed by atoms with Crippen molar-refractivity contribution in [3.8, 4) is 11.8 Å². The van der Waals surface area contributed by atoms with Gasteiger partial charge in [0.1, 0.15) is 0 Å². The van der Waals surface area contributed by atoms with Crippen molar-refractivity contribution >= 4 is 23.2 Å². The van der Waals surface area contributed by atoms with Crippen LogP contribution >= 0.6 is 11.3 Å². The summed E-state index contributed by atoms with van der Waals surface area (Å²) in [7, 11) is 0. The molecule has 0 fully saturated rings. The van der Waals surface area contributed by atoms with Gasteiger partial charge in [0.2, 0.25) is 0 Å². The SMILES string of the molecule is O=C(NNC(=O)c1cc2c(s1)CCC2)c1ccc(C#Cc2ccccc2)cc1. The molecule has 0 saturated carbocycles. The van der Waals surface area contributed by atoms with Gasteiger partial charge in [-0.05, 0) is 67.3 Å². The lowest BCUT2D eigenvalue weighted by molar-refractivity contribution is 0.0849. The molecule has 0 unspecified atom stereocenters. The van der Waals surface area contributed by atoms with Crippen molar-refractivity contribution in [1.82, 2.24) is 10.9 Å². The van der Waals surface area contributed by atoms with Gasteiger partial charge in [-0.2, -0.15) is 0 Å². The van der Waals surface area contributed by atoms with Crippen molar-refractivity contribution in [2.24, 2.45) is 0 Å². The van der Waals surface area contributed by atoms with Gasteiger partial charge >= 0.3 is 0 Å². The number of aryl methyl sites for hydroxylation is 2. The van der Waals surface area contributed by atoms with Crippen LogP contribution in [-0.2, 0) is 12.8 Å². The van der Waals surface area contributed by atoms with Gasteiger partial charge in [0, 0.05) is 21.6 Å². The minimum Gasteiger partial charge on any atom is -0.267 e. The number of amides is 2. The molecule has 5 heteroatoms. The van der Waals surface area contributed by atoms with Crippen LogP contribution in [0.2, 0.25) is 0 Å². The maximum absolute atomic E-state index is 12.3. The van der Waals surface area contributed by atoms with E-state index in [9.17, 15) is 9.59 Å². The fraction of sp³-hybridized carbons (Fsp3) is 0.130. The molecule has 2 amide bonds. The van der Waals surface area contributed by atoms with E-state index in [1.54, 1.807) is 24.3 Å². The summed E-state index contributed by atoms with van der Waals surface area (Å²) in [5, 5.41) is 0. The van der Waals surface area contributed by atoms with E-state index in [-0.39, 0.29) is 11.8 Å². The highest BCUT2D eigenvalue weighted by Gasteiger charge is 2.18. The smallest absolute Gasteiger partial charge is 0.267 e. The van der Waals surface area contributed by atoms with E-state index in [4.69, 9.17) is 0 Å². The summed E-state index contributed by atoms with van der Waals surface area (Å²) >= 11 is 1.50. The molecular weight excluding hydrogens is 368 g/mol.